The zero-order valence-electron chi connectivity index (χ0n) is 9.77. The lowest BCUT2D eigenvalue weighted by Crippen LogP contribution is -2.18. The minimum Gasteiger partial charge on any atom is -0.481 e. The van der Waals surface area contributed by atoms with Gasteiger partial charge < -0.3 is 10.2 Å². The van der Waals surface area contributed by atoms with Crippen LogP contribution in [0.4, 0.5) is 4.39 Å². The molecule has 3 nitrogen and oxygen atoms in total. The minimum absolute atomic E-state index is 0.291. The third kappa shape index (κ3) is 4.95. The van der Waals surface area contributed by atoms with Crippen molar-refractivity contribution in [3.63, 3.8) is 0 Å². The van der Waals surface area contributed by atoms with Gasteiger partial charge in [-0.15, -0.1) is 0 Å². The van der Waals surface area contributed by atoms with Crippen LogP contribution in [0.3, 0.4) is 0 Å². The first-order chi connectivity index (χ1) is 7.99. The Morgan fingerprint density at radius 2 is 2.12 bits per heavy atom. The highest BCUT2D eigenvalue weighted by atomic mass is 19.1. The molecule has 0 aliphatic rings. The highest BCUT2D eigenvalue weighted by Crippen LogP contribution is 2.16. The van der Waals surface area contributed by atoms with Crippen LogP contribution in [0.15, 0.2) is 24.3 Å². The standard InChI is InChI=1S/C13H17FO3/c1-9(15)5-6-11(13(16)17)7-10-3-2-4-12(14)8-10/h2-4,8-9,11,15H,5-7H2,1H3,(H,16,17). The van der Waals surface area contributed by atoms with Crippen LogP contribution >= 0.6 is 0 Å². The van der Waals surface area contributed by atoms with Gasteiger partial charge in [-0.05, 0) is 43.9 Å². The van der Waals surface area contributed by atoms with E-state index in [9.17, 15) is 9.18 Å². The van der Waals surface area contributed by atoms with Crippen LogP contribution in [0, 0.1) is 11.7 Å². The van der Waals surface area contributed by atoms with Crippen molar-refractivity contribution in [3.05, 3.63) is 35.6 Å². The summed E-state index contributed by atoms with van der Waals surface area (Å²) in [6, 6.07) is 5.95. The molecule has 0 saturated heterocycles. The fourth-order valence-corrected chi connectivity index (χ4v) is 1.70. The van der Waals surface area contributed by atoms with E-state index in [1.165, 1.54) is 12.1 Å². The first-order valence-corrected chi connectivity index (χ1v) is 5.64. The van der Waals surface area contributed by atoms with Gasteiger partial charge in [0.1, 0.15) is 5.82 Å². The summed E-state index contributed by atoms with van der Waals surface area (Å²) in [4.78, 5) is 11.0. The fraction of sp³-hybridized carbons (Fsp3) is 0.462. The van der Waals surface area contributed by atoms with E-state index in [1.54, 1.807) is 19.1 Å². The molecule has 4 heteroatoms. The molecule has 0 aromatic heterocycles. The van der Waals surface area contributed by atoms with Crippen molar-refractivity contribution in [3.8, 4) is 0 Å². The maximum Gasteiger partial charge on any atom is 0.306 e. The Hall–Kier alpha value is -1.42. The Balaban J connectivity index is 2.63. The zero-order chi connectivity index (χ0) is 12.8. The van der Waals surface area contributed by atoms with Gasteiger partial charge in [-0.25, -0.2) is 4.39 Å². The van der Waals surface area contributed by atoms with Gasteiger partial charge in [0.05, 0.1) is 12.0 Å². The zero-order valence-corrected chi connectivity index (χ0v) is 9.77. The molecular weight excluding hydrogens is 223 g/mol. The lowest BCUT2D eigenvalue weighted by molar-refractivity contribution is -0.142. The van der Waals surface area contributed by atoms with Crippen LogP contribution in [0.1, 0.15) is 25.3 Å². The molecule has 0 amide bonds. The highest BCUT2D eigenvalue weighted by molar-refractivity contribution is 5.70. The van der Waals surface area contributed by atoms with E-state index in [4.69, 9.17) is 10.2 Å². The maximum atomic E-state index is 12.9. The molecule has 94 valence electrons. The number of hydrogen-bond donors (Lipinski definition) is 2. The van der Waals surface area contributed by atoms with E-state index < -0.39 is 18.0 Å². The van der Waals surface area contributed by atoms with E-state index in [2.05, 4.69) is 0 Å². The van der Waals surface area contributed by atoms with Crippen molar-refractivity contribution < 1.29 is 19.4 Å². The number of halogens is 1. The molecule has 0 radical (unpaired) electrons. The van der Waals surface area contributed by atoms with Gasteiger partial charge in [0.25, 0.3) is 0 Å². The minimum atomic E-state index is -0.907. The summed E-state index contributed by atoms with van der Waals surface area (Å²) in [7, 11) is 0. The third-order valence-corrected chi connectivity index (χ3v) is 2.65. The largest absolute Gasteiger partial charge is 0.481 e. The molecule has 0 spiro atoms. The van der Waals surface area contributed by atoms with E-state index in [-0.39, 0.29) is 5.82 Å². The van der Waals surface area contributed by atoms with Crippen LogP contribution in [0.5, 0.6) is 0 Å². The lowest BCUT2D eigenvalue weighted by Gasteiger charge is -2.13. The predicted molar refractivity (Wildman–Crippen MR) is 62.1 cm³/mol. The van der Waals surface area contributed by atoms with Gasteiger partial charge in [0, 0.05) is 0 Å². The first-order valence-electron chi connectivity index (χ1n) is 5.64. The van der Waals surface area contributed by atoms with Gasteiger partial charge in [-0.1, -0.05) is 12.1 Å². The number of aliphatic hydroxyl groups excluding tert-OH is 1. The predicted octanol–water partition coefficient (Wildman–Crippen LogP) is 2.23. The highest BCUT2D eigenvalue weighted by Gasteiger charge is 2.18. The van der Waals surface area contributed by atoms with Gasteiger partial charge in [-0.3, -0.25) is 4.79 Å². The SMILES string of the molecule is CC(O)CCC(Cc1cccc(F)c1)C(=O)O. The molecule has 0 aliphatic carbocycles. The second kappa shape index (κ2) is 6.35. The fourth-order valence-electron chi connectivity index (χ4n) is 1.70. The molecule has 0 bridgehead atoms. The van der Waals surface area contributed by atoms with Crippen LogP contribution in [-0.2, 0) is 11.2 Å². The number of carboxylic acid groups (broad SMARTS) is 1. The molecule has 2 atom stereocenters. The van der Waals surface area contributed by atoms with E-state index in [0.29, 0.717) is 24.8 Å². The summed E-state index contributed by atoms with van der Waals surface area (Å²) >= 11 is 0. The van der Waals surface area contributed by atoms with Crippen molar-refractivity contribution in [2.45, 2.75) is 32.3 Å². The van der Waals surface area contributed by atoms with Gasteiger partial charge in [-0.2, -0.15) is 0 Å². The molecule has 2 unspecified atom stereocenters. The molecule has 1 rings (SSSR count). The average molecular weight is 240 g/mol. The molecule has 2 N–H and O–H groups in total. The summed E-state index contributed by atoms with van der Waals surface area (Å²) in [5.74, 6) is -1.84. The number of aliphatic hydroxyl groups is 1. The maximum absolute atomic E-state index is 12.9. The van der Waals surface area contributed by atoms with Crippen LogP contribution < -0.4 is 0 Å². The van der Waals surface area contributed by atoms with Crippen molar-refractivity contribution in [1.82, 2.24) is 0 Å². The molecule has 17 heavy (non-hydrogen) atoms. The normalized spacial score (nSPS) is 14.3. The Kier molecular flexibility index (Phi) is 5.10. The number of benzene rings is 1. The third-order valence-electron chi connectivity index (χ3n) is 2.65. The van der Waals surface area contributed by atoms with Crippen LogP contribution in [-0.4, -0.2) is 22.3 Å². The summed E-state index contributed by atoms with van der Waals surface area (Å²) in [5.41, 5.74) is 0.669. The first kappa shape index (κ1) is 13.6. The Morgan fingerprint density at radius 3 is 2.65 bits per heavy atom. The molecule has 1 aromatic rings. The lowest BCUT2D eigenvalue weighted by atomic mass is 9.94. The molecule has 0 aliphatic heterocycles. The topological polar surface area (TPSA) is 57.5 Å². The Bertz CT molecular complexity index is 377. The van der Waals surface area contributed by atoms with E-state index in [0.717, 1.165) is 0 Å². The number of carbonyl (C=O) groups is 1. The molecule has 0 saturated carbocycles. The monoisotopic (exact) mass is 240 g/mol. The van der Waals surface area contributed by atoms with Crippen molar-refractivity contribution >= 4 is 5.97 Å². The molecule has 1 aromatic carbocycles. The van der Waals surface area contributed by atoms with E-state index >= 15 is 0 Å². The number of rotatable bonds is 6. The smallest absolute Gasteiger partial charge is 0.306 e. The summed E-state index contributed by atoms with van der Waals surface area (Å²) in [6.07, 6.45) is 0.611. The van der Waals surface area contributed by atoms with Crippen LogP contribution in [0.25, 0.3) is 0 Å². The van der Waals surface area contributed by atoms with Crippen molar-refractivity contribution in [2.24, 2.45) is 5.92 Å². The number of carboxylic acids is 1. The Labute approximate surface area is 99.9 Å². The molecular formula is C13H17FO3. The Morgan fingerprint density at radius 1 is 1.41 bits per heavy atom. The second-order valence-corrected chi connectivity index (χ2v) is 4.30. The van der Waals surface area contributed by atoms with Gasteiger partial charge in [0.15, 0.2) is 0 Å². The number of aliphatic carboxylic acids is 1. The van der Waals surface area contributed by atoms with Crippen molar-refractivity contribution in [1.29, 1.82) is 0 Å². The van der Waals surface area contributed by atoms with Crippen molar-refractivity contribution in [2.75, 3.05) is 0 Å². The summed E-state index contributed by atoms with van der Waals surface area (Å²) in [5, 5.41) is 18.2. The second-order valence-electron chi connectivity index (χ2n) is 4.30. The molecule has 0 heterocycles. The van der Waals surface area contributed by atoms with Gasteiger partial charge in [0.2, 0.25) is 0 Å². The summed E-state index contributed by atoms with van der Waals surface area (Å²) < 4.78 is 12.9. The average Bonchev–Trinajstić information content (AvgIpc) is 2.23. The number of hydrogen-bond acceptors (Lipinski definition) is 2. The molecule has 0 fully saturated rings. The van der Waals surface area contributed by atoms with Crippen LogP contribution in [0.2, 0.25) is 0 Å². The quantitative estimate of drug-likeness (QED) is 0.801. The van der Waals surface area contributed by atoms with Gasteiger partial charge >= 0.3 is 5.97 Å². The summed E-state index contributed by atoms with van der Waals surface area (Å²) in [6.45, 7) is 1.63. The van der Waals surface area contributed by atoms with E-state index in [1.807, 2.05) is 0 Å².